The number of rotatable bonds is 6. The minimum absolute atomic E-state index is 0.340. The van der Waals surface area contributed by atoms with Crippen molar-refractivity contribution >= 4 is 0 Å². The van der Waals surface area contributed by atoms with Crippen molar-refractivity contribution in [3.8, 4) is 0 Å². The van der Waals surface area contributed by atoms with Crippen LogP contribution in [-0.2, 0) is 0 Å². The molecule has 0 N–H and O–H groups in total. The summed E-state index contributed by atoms with van der Waals surface area (Å²) in [4.78, 5) is 2.61. The zero-order chi connectivity index (χ0) is 11.2. The van der Waals surface area contributed by atoms with Crippen LogP contribution in [0.2, 0.25) is 0 Å². The summed E-state index contributed by atoms with van der Waals surface area (Å²) in [6.07, 6.45) is 3.96. The molecule has 0 aromatic rings. The maximum Gasteiger partial charge on any atom is 0.0125 e. The van der Waals surface area contributed by atoms with Crippen LogP contribution in [0.5, 0.6) is 0 Å². The molecule has 0 spiro atoms. The van der Waals surface area contributed by atoms with Crippen molar-refractivity contribution in [2.45, 2.75) is 66.3 Å². The molecule has 0 saturated carbocycles. The van der Waals surface area contributed by atoms with Gasteiger partial charge in [-0.15, -0.1) is 0 Å². The summed E-state index contributed by atoms with van der Waals surface area (Å²) in [5.74, 6) is 0.846. The maximum absolute atomic E-state index is 2.61. The third kappa shape index (κ3) is 6.42. The smallest absolute Gasteiger partial charge is 0.0125 e. The molecule has 0 unspecified atom stereocenters. The van der Waals surface area contributed by atoms with E-state index in [9.17, 15) is 0 Å². The van der Waals surface area contributed by atoms with Gasteiger partial charge in [-0.3, -0.25) is 4.90 Å². The van der Waals surface area contributed by atoms with E-state index in [1.165, 1.54) is 32.4 Å². The average Bonchev–Trinajstić information content (AvgIpc) is 2.00. The van der Waals surface area contributed by atoms with Gasteiger partial charge in [-0.25, -0.2) is 0 Å². The van der Waals surface area contributed by atoms with Gasteiger partial charge in [0.1, 0.15) is 0 Å². The van der Waals surface area contributed by atoms with Crippen molar-refractivity contribution in [2.24, 2.45) is 5.92 Å². The van der Waals surface area contributed by atoms with E-state index < -0.39 is 0 Å². The molecule has 0 aromatic carbocycles. The molecule has 0 aliphatic rings. The minimum atomic E-state index is 0.340. The van der Waals surface area contributed by atoms with Gasteiger partial charge in [0.05, 0.1) is 0 Å². The van der Waals surface area contributed by atoms with Crippen LogP contribution < -0.4 is 0 Å². The summed E-state index contributed by atoms with van der Waals surface area (Å²) in [6.45, 7) is 16.3. The van der Waals surface area contributed by atoms with E-state index in [1.807, 2.05) is 0 Å². The van der Waals surface area contributed by atoms with E-state index in [2.05, 4.69) is 46.4 Å². The monoisotopic (exact) mass is 199 g/mol. The quantitative estimate of drug-likeness (QED) is 0.626. The number of nitrogens with zero attached hydrogens (tertiary/aromatic N) is 1. The Labute approximate surface area is 90.9 Å². The van der Waals surface area contributed by atoms with Crippen molar-refractivity contribution in [1.82, 2.24) is 4.90 Å². The van der Waals surface area contributed by atoms with Gasteiger partial charge in [0.15, 0.2) is 0 Å². The van der Waals surface area contributed by atoms with Crippen molar-refractivity contribution in [3.05, 3.63) is 0 Å². The van der Waals surface area contributed by atoms with Crippen LogP contribution in [0, 0.1) is 5.92 Å². The molecule has 0 radical (unpaired) electrons. The highest BCUT2D eigenvalue weighted by Crippen LogP contribution is 2.15. The zero-order valence-electron chi connectivity index (χ0n) is 11.1. The Morgan fingerprint density at radius 3 is 2.00 bits per heavy atom. The van der Waals surface area contributed by atoms with E-state index in [1.54, 1.807) is 0 Å². The summed E-state index contributed by atoms with van der Waals surface area (Å²) in [6, 6.07) is 0. The Balaban J connectivity index is 3.86. The Bertz CT molecular complexity index is 133. The van der Waals surface area contributed by atoms with Crippen molar-refractivity contribution in [3.63, 3.8) is 0 Å². The van der Waals surface area contributed by atoms with Crippen molar-refractivity contribution in [2.75, 3.05) is 13.1 Å². The highest BCUT2D eigenvalue weighted by molar-refractivity contribution is 4.75. The van der Waals surface area contributed by atoms with Gasteiger partial charge in [-0.2, -0.15) is 0 Å². The first-order chi connectivity index (χ1) is 6.38. The highest BCUT2D eigenvalue weighted by atomic mass is 15.2. The second-order valence-corrected chi connectivity index (χ2v) is 5.69. The fraction of sp³-hybridized carbons (Fsp3) is 1.00. The van der Waals surface area contributed by atoms with Gasteiger partial charge >= 0.3 is 0 Å². The first kappa shape index (κ1) is 14.0. The molecule has 1 heteroatoms. The molecule has 0 heterocycles. The van der Waals surface area contributed by atoms with E-state index in [0.29, 0.717) is 5.54 Å². The average molecular weight is 199 g/mol. The fourth-order valence-electron chi connectivity index (χ4n) is 1.74. The lowest BCUT2D eigenvalue weighted by Crippen LogP contribution is -2.42. The summed E-state index contributed by atoms with van der Waals surface area (Å²) in [7, 11) is 0. The van der Waals surface area contributed by atoms with Gasteiger partial charge in [-0.05, 0) is 59.0 Å². The molecule has 0 aromatic heterocycles. The molecule has 0 rings (SSSR count). The summed E-state index contributed by atoms with van der Waals surface area (Å²) < 4.78 is 0. The third-order valence-electron chi connectivity index (χ3n) is 2.65. The van der Waals surface area contributed by atoms with E-state index >= 15 is 0 Å². The van der Waals surface area contributed by atoms with E-state index in [4.69, 9.17) is 0 Å². The standard InChI is InChI=1S/C13H29N/c1-7-10-14(13(4,5)6)11-8-9-12(2)3/h12H,7-11H2,1-6H3. The number of hydrogen-bond acceptors (Lipinski definition) is 1. The van der Waals surface area contributed by atoms with E-state index in [0.717, 1.165) is 5.92 Å². The Kier molecular flexibility index (Phi) is 6.43. The van der Waals surface area contributed by atoms with Crippen LogP contribution in [0.25, 0.3) is 0 Å². The summed E-state index contributed by atoms with van der Waals surface area (Å²) in [5.41, 5.74) is 0.340. The number of hydrogen-bond donors (Lipinski definition) is 0. The lowest BCUT2D eigenvalue weighted by atomic mass is 10.0. The molecule has 14 heavy (non-hydrogen) atoms. The van der Waals surface area contributed by atoms with Crippen molar-refractivity contribution in [1.29, 1.82) is 0 Å². The molecule has 0 aliphatic carbocycles. The minimum Gasteiger partial charge on any atom is -0.298 e. The molecule has 1 nitrogen and oxygen atoms in total. The van der Waals surface area contributed by atoms with Gasteiger partial charge in [0, 0.05) is 5.54 Å². The van der Waals surface area contributed by atoms with Crippen LogP contribution in [0.1, 0.15) is 60.8 Å². The first-order valence-corrected chi connectivity index (χ1v) is 6.13. The molecular formula is C13H29N. The molecule has 0 amide bonds. The fourth-order valence-corrected chi connectivity index (χ4v) is 1.74. The zero-order valence-corrected chi connectivity index (χ0v) is 11.1. The van der Waals surface area contributed by atoms with Crippen LogP contribution >= 0.6 is 0 Å². The van der Waals surface area contributed by atoms with E-state index in [-0.39, 0.29) is 0 Å². The Morgan fingerprint density at radius 1 is 1.07 bits per heavy atom. The van der Waals surface area contributed by atoms with Gasteiger partial charge in [0.25, 0.3) is 0 Å². The highest BCUT2D eigenvalue weighted by Gasteiger charge is 2.19. The van der Waals surface area contributed by atoms with Gasteiger partial charge in [0.2, 0.25) is 0 Å². The first-order valence-electron chi connectivity index (χ1n) is 6.13. The Morgan fingerprint density at radius 2 is 1.64 bits per heavy atom. The SMILES string of the molecule is CCCN(CCCC(C)C)C(C)(C)C. The predicted octanol–water partition coefficient (Wildman–Crippen LogP) is 3.93. The maximum atomic E-state index is 2.61. The summed E-state index contributed by atoms with van der Waals surface area (Å²) in [5, 5.41) is 0. The van der Waals surface area contributed by atoms with Crippen LogP contribution in [0.15, 0.2) is 0 Å². The molecule has 0 saturated heterocycles. The Hall–Kier alpha value is -0.0400. The molecule has 0 fully saturated rings. The van der Waals surface area contributed by atoms with Crippen LogP contribution in [-0.4, -0.2) is 23.5 Å². The predicted molar refractivity (Wildman–Crippen MR) is 65.7 cm³/mol. The van der Waals surface area contributed by atoms with Gasteiger partial charge < -0.3 is 0 Å². The second-order valence-electron chi connectivity index (χ2n) is 5.69. The normalized spacial score (nSPS) is 12.9. The van der Waals surface area contributed by atoms with Crippen molar-refractivity contribution < 1.29 is 0 Å². The second kappa shape index (κ2) is 6.44. The van der Waals surface area contributed by atoms with Crippen LogP contribution in [0.4, 0.5) is 0 Å². The third-order valence-corrected chi connectivity index (χ3v) is 2.65. The lowest BCUT2D eigenvalue weighted by Gasteiger charge is -2.35. The largest absolute Gasteiger partial charge is 0.298 e. The molecule has 0 atom stereocenters. The topological polar surface area (TPSA) is 3.24 Å². The lowest BCUT2D eigenvalue weighted by molar-refractivity contribution is 0.132. The molecule has 0 aliphatic heterocycles. The molecule has 0 bridgehead atoms. The molecule has 86 valence electrons. The molecular weight excluding hydrogens is 170 g/mol. The van der Waals surface area contributed by atoms with Crippen LogP contribution in [0.3, 0.4) is 0 Å². The summed E-state index contributed by atoms with van der Waals surface area (Å²) >= 11 is 0. The van der Waals surface area contributed by atoms with Gasteiger partial charge in [-0.1, -0.05) is 20.8 Å².